The Hall–Kier alpha value is -1.44. The first-order chi connectivity index (χ1) is 5.77. The Bertz CT molecular complexity index is 281. The van der Waals surface area contributed by atoms with Gasteiger partial charge in [-0.15, -0.1) is 0 Å². The summed E-state index contributed by atoms with van der Waals surface area (Å²) in [5.41, 5.74) is 2.15. The van der Waals surface area contributed by atoms with Gasteiger partial charge in [0.15, 0.2) is 0 Å². The van der Waals surface area contributed by atoms with Gasteiger partial charge in [0.1, 0.15) is 5.75 Å². The first kappa shape index (κ1) is 8.65. The Labute approximate surface area is 72.9 Å². The predicted octanol–water partition coefficient (Wildman–Crippen LogP) is 2.56. The van der Waals surface area contributed by atoms with Gasteiger partial charge in [0.05, 0.1) is 12.8 Å². The molecule has 0 aliphatic rings. The highest BCUT2D eigenvalue weighted by atomic mass is 16.5. The number of methoxy groups -OCH3 is 1. The Morgan fingerprint density at radius 1 is 1.50 bits per heavy atom. The van der Waals surface area contributed by atoms with Crippen LogP contribution < -0.4 is 10.1 Å². The number of aryl methyl sites for hydroxylation is 1. The lowest BCUT2D eigenvalue weighted by Gasteiger charge is -2.08. The van der Waals surface area contributed by atoms with Crippen LogP contribution in [-0.4, -0.2) is 7.11 Å². The fourth-order valence-electron chi connectivity index (χ4n) is 1.04. The summed E-state index contributed by atoms with van der Waals surface area (Å²) in [4.78, 5) is 0. The molecule has 0 radical (unpaired) electrons. The third-order valence-corrected chi connectivity index (χ3v) is 1.61. The molecule has 1 N–H and O–H groups in total. The van der Waals surface area contributed by atoms with Crippen LogP contribution in [0.4, 0.5) is 5.69 Å². The Morgan fingerprint density at radius 2 is 2.25 bits per heavy atom. The highest BCUT2D eigenvalue weighted by Gasteiger charge is 1.99. The first-order valence-electron chi connectivity index (χ1n) is 3.80. The van der Waals surface area contributed by atoms with E-state index in [4.69, 9.17) is 4.74 Å². The first-order valence-corrected chi connectivity index (χ1v) is 3.80. The maximum Gasteiger partial charge on any atom is 0.142 e. The summed E-state index contributed by atoms with van der Waals surface area (Å²) in [5.74, 6) is 0.834. The fourth-order valence-corrected chi connectivity index (χ4v) is 1.04. The second-order valence-electron chi connectivity index (χ2n) is 2.55. The molecule has 0 atom stereocenters. The van der Waals surface area contributed by atoms with Gasteiger partial charge in [0, 0.05) is 0 Å². The van der Waals surface area contributed by atoms with Gasteiger partial charge in [-0.05, 0) is 30.8 Å². The molecule has 0 amide bonds. The van der Waals surface area contributed by atoms with Gasteiger partial charge >= 0.3 is 0 Å². The van der Waals surface area contributed by atoms with Crippen molar-refractivity contribution in [3.63, 3.8) is 0 Å². The van der Waals surface area contributed by atoms with Crippen molar-refractivity contribution in [1.29, 1.82) is 0 Å². The Morgan fingerprint density at radius 3 is 2.83 bits per heavy atom. The largest absolute Gasteiger partial charge is 0.495 e. The summed E-state index contributed by atoms with van der Waals surface area (Å²) < 4.78 is 5.14. The lowest BCUT2D eigenvalue weighted by molar-refractivity contribution is 0.416. The van der Waals surface area contributed by atoms with E-state index in [1.165, 1.54) is 5.56 Å². The van der Waals surface area contributed by atoms with Crippen molar-refractivity contribution < 1.29 is 4.74 Å². The van der Waals surface area contributed by atoms with Gasteiger partial charge in [0.25, 0.3) is 0 Å². The second-order valence-corrected chi connectivity index (χ2v) is 2.55. The van der Waals surface area contributed by atoms with Crippen LogP contribution in [0.2, 0.25) is 0 Å². The van der Waals surface area contributed by atoms with Crippen molar-refractivity contribution in [2.24, 2.45) is 0 Å². The number of benzene rings is 1. The SMILES string of the molecule is C=CNc1cc(C)ccc1OC. The molecule has 2 nitrogen and oxygen atoms in total. The lowest BCUT2D eigenvalue weighted by atomic mass is 10.2. The Kier molecular flexibility index (Phi) is 2.75. The summed E-state index contributed by atoms with van der Waals surface area (Å²) in [7, 11) is 1.65. The molecular weight excluding hydrogens is 150 g/mol. The molecule has 2 heteroatoms. The van der Waals surface area contributed by atoms with Crippen molar-refractivity contribution in [3.05, 3.63) is 36.5 Å². The van der Waals surface area contributed by atoms with Crippen LogP contribution in [-0.2, 0) is 0 Å². The fraction of sp³-hybridized carbons (Fsp3) is 0.200. The highest BCUT2D eigenvalue weighted by molar-refractivity contribution is 5.59. The predicted molar refractivity (Wildman–Crippen MR) is 51.6 cm³/mol. The maximum absolute atomic E-state index is 5.14. The van der Waals surface area contributed by atoms with Crippen molar-refractivity contribution in [1.82, 2.24) is 0 Å². The average molecular weight is 163 g/mol. The molecule has 0 unspecified atom stereocenters. The third-order valence-electron chi connectivity index (χ3n) is 1.61. The molecule has 0 saturated heterocycles. The zero-order chi connectivity index (χ0) is 8.97. The van der Waals surface area contributed by atoms with Gasteiger partial charge in [-0.1, -0.05) is 12.6 Å². The standard InChI is InChI=1S/C10H13NO/c1-4-11-9-7-8(2)5-6-10(9)12-3/h4-7,11H,1H2,2-3H3. The normalized spacial score (nSPS) is 9.17. The van der Waals surface area contributed by atoms with E-state index in [2.05, 4.69) is 11.9 Å². The van der Waals surface area contributed by atoms with Crippen LogP contribution in [0.15, 0.2) is 31.0 Å². The van der Waals surface area contributed by atoms with E-state index in [1.54, 1.807) is 13.3 Å². The molecule has 0 heterocycles. The molecule has 0 saturated carbocycles. The maximum atomic E-state index is 5.14. The number of rotatable bonds is 3. The van der Waals surface area contributed by atoms with Crippen LogP contribution in [0, 0.1) is 6.92 Å². The molecule has 1 rings (SSSR count). The topological polar surface area (TPSA) is 21.3 Å². The Balaban J connectivity index is 3.03. The molecule has 0 spiro atoms. The molecule has 0 fully saturated rings. The van der Waals surface area contributed by atoms with Crippen LogP contribution in [0.5, 0.6) is 5.75 Å². The monoisotopic (exact) mass is 163 g/mol. The van der Waals surface area contributed by atoms with Crippen LogP contribution >= 0.6 is 0 Å². The van der Waals surface area contributed by atoms with Crippen molar-refractivity contribution in [2.75, 3.05) is 12.4 Å². The number of nitrogens with one attached hydrogen (secondary N) is 1. The zero-order valence-electron chi connectivity index (χ0n) is 7.42. The van der Waals surface area contributed by atoms with Crippen molar-refractivity contribution >= 4 is 5.69 Å². The minimum atomic E-state index is 0.834. The minimum absolute atomic E-state index is 0.834. The molecule has 0 bridgehead atoms. The third kappa shape index (κ3) is 1.78. The molecule has 0 aromatic heterocycles. The smallest absolute Gasteiger partial charge is 0.142 e. The van der Waals surface area contributed by atoms with Gasteiger partial charge in [-0.2, -0.15) is 0 Å². The van der Waals surface area contributed by atoms with Crippen LogP contribution in [0.3, 0.4) is 0 Å². The van der Waals surface area contributed by atoms with E-state index in [9.17, 15) is 0 Å². The van der Waals surface area contributed by atoms with Crippen LogP contribution in [0.25, 0.3) is 0 Å². The molecule has 64 valence electrons. The lowest BCUT2D eigenvalue weighted by Crippen LogP contribution is -1.92. The average Bonchev–Trinajstić information content (AvgIpc) is 2.05. The van der Waals surface area contributed by atoms with Gasteiger partial charge < -0.3 is 10.1 Å². The van der Waals surface area contributed by atoms with Gasteiger partial charge in [0.2, 0.25) is 0 Å². The summed E-state index contributed by atoms with van der Waals surface area (Å²) in [6.45, 7) is 5.63. The van der Waals surface area contributed by atoms with E-state index in [-0.39, 0.29) is 0 Å². The van der Waals surface area contributed by atoms with E-state index >= 15 is 0 Å². The number of hydrogen-bond donors (Lipinski definition) is 1. The minimum Gasteiger partial charge on any atom is -0.495 e. The summed E-state index contributed by atoms with van der Waals surface area (Å²) in [6, 6.07) is 5.95. The molecule has 12 heavy (non-hydrogen) atoms. The van der Waals surface area contributed by atoms with E-state index < -0.39 is 0 Å². The van der Waals surface area contributed by atoms with Crippen molar-refractivity contribution in [2.45, 2.75) is 6.92 Å². The number of hydrogen-bond acceptors (Lipinski definition) is 2. The van der Waals surface area contributed by atoms with E-state index in [0.29, 0.717) is 0 Å². The van der Waals surface area contributed by atoms with E-state index in [0.717, 1.165) is 11.4 Å². The number of anilines is 1. The molecule has 1 aromatic carbocycles. The summed E-state index contributed by atoms with van der Waals surface area (Å²) in [6.07, 6.45) is 1.64. The number of ether oxygens (including phenoxy) is 1. The van der Waals surface area contributed by atoms with Crippen molar-refractivity contribution in [3.8, 4) is 5.75 Å². The molecule has 0 aliphatic heterocycles. The zero-order valence-corrected chi connectivity index (χ0v) is 7.42. The summed E-state index contributed by atoms with van der Waals surface area (Å²) >= 11 is 0. The van der Waals surface area contributed by atoms with Crippen LogP contribution in [0.1, 0.15) is 5.56 Å². The summed E-state index contributed by atoms with van der Waals surface area (Å²) in [5, 5.41) is 3.01. The molecule has 0 aliphatic carbocycles. The second kappa shape index (κ2) is 3.81. The quantitative estimate of drug-likeness (QED) is 0.739. The van der Waals surface area contributed by atoms with Gasteiger partial charge in [-0.25, -0.2) is 0 Å². The molecular formula is C10H13NO. The van der Waals surface area contributed by atoms with E-state index in [1.807, 2.05) is 25.1 Å². The van der Waals surface area contributed by atoms with Gasteiger partial charge in [-0.3, -0.25) is 0 Å². The highest BCUT2D eigenvalue weighted by Crippen LogP contribution is 2.24. The molecule has 1 aromatic rings.